The highest BCUT2D eigenvalue weighted by atomic mass is 16.4. The Kier molecular flexibility index (Phi) is 62.7. The lowest BCUT2D eigenvalue weighted by molar-refractivity contribution is -0.142. The molecule has 78 heavy (non-hydrogen) atoms. The van der Waals surface area contributed by atoms with E-state index in [2.05, 4.69) is 24.3 Å². The molecule has 0 aromatic rings. The molecule has 0 spiro atoms. The van der Waals surface area contributed by atoms with Crippen molar-refractivity contribution >= 4 is 26.0 Å². The Hall–Kier alpha value is -1.33. The van der Waals surface area contributed by atoms with E-state index >= 15 is 0 Å². The van der Waals surface area contributed by atoms with E-state index in [1.54, 1.807) is 13.6 Å². The summed E-state index contributed by atoms with van der Waals surface area (Å²) in [6.45, 7) is 31.0. The Morgan fingerprint density at radius 2 is 0.577 bits per heavy atom. The lowest BCUT2D eigenvalue weighted by atomic mass is 9.87. The number of nitrogens with two attached hydrogens (primary N) is 6. The minimum Gasteiger partial charge on any atom is -0.481 e. The van der Waals surface area contributed by atoms with Crippen LogP contribution >= 0.6 is 0 Å². The standard InChI is InChI=1S/C8H16BNO3.C8H18BNO.C7H13NO2.C7H15N.4C6H13N.4C2H6/c1-9(13)10-5-6-2-3-7(4-6)8(11)12;1-7-3-4-8(5-7)6-10-9(2)11;8-4-5-1-2-6(3-5)7(9)10;1-6-2-3-7(4-6)5-8;4*7-5-6-3-1-2-4-6;4*1-2/h6-7,10,13H,2-5H2,1H3,(H,11,12);7-8,10-11H,3-6H2,1-2H3;5-6H,1-4,8H2,(H,9,10);6-7H,2-5,8H2,1H3;4*6H,1-5,7H2;4*1-2H3. The Morgan fingerprint density at radius 1 is 0.359 bits per heavy atom. The highest BCUT2D eigenvalue weighted by molar-refractivity contribution is 6.45. The van der Waals surface area contributed by atoms with Crippen LogP contribution in [-0.4, -0.2) is 98.7 Å². The third-order valence-electron chi connectivity index (χ3n) is 16.7. The van der Waals surface area contributed by atoms with Gasteiger partial charge in [0.15, 0.2) is 0 Å². The summed E-state index contributed by atoms with van der Waals surface area (Å²) in [5.74, 6) is 6.26. The number of carboxylic acids is 2. The molecule has 8 fully saturated rings. The second-order valence-electron chi connectivity index (χ2n) is 23.2. The van der Waals surface area contributed by atoms with Crippen molar-refractivity contribution in [3.8, 4) is 0 Å². The monoisotopic (exact) mass is 1110 g/mol. The van der Waals surface area contributed by atoms with Gasteiger partial charge in [0.1, 0.15) is 0 Å². The first-order valence-electron chi connectivity index (χ1n) is 33.1. The van der Waals surface area contributed by atoms with Gasteiger partial charge in [0.25, 0.3) is 0 Å². The van der Waals surface area contributed by atoms with Crippen LogP contribution in [0.15, 0.2) is 0 Å². The number of carboxylic acid groups (broad SMARTS) is 2. The Bertz CT molecular complexity index is 1180. The molecule has 16 heteroatoms. The number of aliphatic carboxylic acids is 2. The predicted octanol–water partition coefficient (Wildman–Crippen LogP) is 11.8. The SMILES string of the molecule is CB(O)NCC1CCC(C(=O)O)C1.CB(O)NCC1CCC(C)C1.CC.CC.CC.CC.CC1CCC(CN)C1.NCC1CCC(C(=O)O)C1.NCC1CCCC1.NCC1CCCC1.NCC1CCCC1.NCC1CCCC1. The molecule has 14 nitrogen and oxygen atoms in total. The van der Waals surface area contributed by atoms with Gasteiger partial charge in [0, 0.05) is 0 Å². The lowest BCUT2D eigenvalue weighted by Crippen LogP contribution is -2.34. The van der Waals surface area contributed by atoms with Crippen molar-refractivity contribution in [2.24, 2.45) is 105 Å². The molecule has 0 aromatic carbocycles. The van der Waals surface area contributed by atoms with Gasteiger partial charge >= 0.3 is 26.0 Å². The average molecular weight is 1110 g/mol. The van der Waals surface area contributed by atoms with E-state index in [0.717, 1.165) is 132 Å². The van der Waals surface area contributed by atoms with Crippen molar-refractivity contribution in [3.63, 3.8) is 0 Å². The zero-order valence-corrected chi connectivity index (χ0v) is 53.6. The van der Waals surface area contributed by atoms with Gasteiger partial charge in [-0.2, -0.15) is 0 Å². The van der Waals surface area contributed by atoms with Crippen LogP contribution in [0.1, 0.15) is 249 Å². The molecule has 0 amide bonds. The molecule has 0 saturated heterocycles. The topological polar surface area (TPSA) is 295 Å². The summed E-state index contributed by atoms with van der Waals surface area (Å²) >= 11 is 0. The summed E-state index contributed by atoms with van der Waals surface area (Å²) in [6, 6.07) is 0. The molecule has 8 atom stereocenters. The summed E-state index contributed by atoms with van der Waals surface area (Å²) in [4.78, 5) is 21.0. The Morgan fingerprint density at radius 3 is 0.756 bits per heavy atom. The van der Waals surface area contributed by atoms with E-state index in [0.29, 0.717) is 18.4 Å². The first kappa shape index (κ1) is 83.1. The predicted molar refractivity (Wildman–Crippen MR) is 341 cm³/mol. The third-order valence-corrected chi connectivity index (χ3v) is 16.7. The number of carbonyl (C=O) groups is 2. The van der Waals surface area contributed by atoms with E-state index < -0.39 is 19.0 Å². The second-order valence-corrected chi connectivity index (χ2v) is 23.2. The molecule has 0 bridgehead atoms. The van der Waals surface area contributed by atoms with Crippen LogP contribution in [0, 0.1) is 71.0 Å². The minimum absolute atomic E-state index is 0.117. The number of hydrogen-bond acceptors (Lipinski definition) is 12. The fourth-order valence-corrected chi connectivity index (χ4v) is 11.7. The average Bonchev–Trinajstić information content (AvgIpc) is 4.32. The summed E-state index contributed by atoms with van der Waals surface area (Å²) in [6.07, 6.45) is 35.7. The van der Waals surface area contributed by atoms with Crippen molar-refractivity contribution in [2.75, 3.05) is 52.4 Å². The van der Waals surface area contributed by atoms with Crippen LogP contribution in [0.3, 0.4) is 0 Å². The summed E-state index contributed by atoms with van der Waals surface area (Å²) in [5.41, 5.74) is 32.6. The molecule has 8 aliphatic rings. The largest absolute Gasteiger partial charge is 0.481 e. The van der Waals surface area contributed by atoms with E-state index in [1.165, 1.54) is 141 Å². The second kappa shape index (κ2) is 58.9. The highest BCUT2D eigenvalue weighted by Gasteiger charge is 2.30. The number of hydrogen-bond donors (Lipinski definition) is 12. The number of nitrogens with one attached hydrogen (secondary N) is 2. The van der Waals surface area contributed by atoms with Gasteiger partial charge in [0.05, 0.1) is 11.8 Å². The van der Waals surface area contributed by atoms with E-state index in [-0.39, 0.29) is 18.9 Å². The third kappa shape index (κ3) is 47.2. The van der Waals surface area contributed by atoms with Gasteiger partial charge in [-0.3, -0.25) is 9.59 Å². The molecule has 18 N–H and O–H groups in total. The van der Waals surface area contributed by atoms with Crippen molar-refractivity contribution in [2.45, 2.75) is 263 Å². The van der Waals surface area contributed by atoms with E-state index in [9.17, 15) is 9.59 Å². The van der Waals surface area contributed by atoms with Crippen LogP contribution in [0.4, 0.5) is 0 Å². The van der Waals surface area contributed by atoms with E-state index in [1.807, 2.05) is 55.4 Å². The molecule has 8 saturated carbocycles. The fraction of sp³-hybridized carbons (Fsp3) is 0.968. The van der Waals surface area contributed by atoms with Crippen LogP contribution in [0.2, 0.25) is 13.6 Å². The molecular weight excluding hydrogens is 974 g/mol. The van der Waals surface area contributed by atoms with Crippen molar-refractivity contribution < 1.29 is 29.9 Å². The molecule has 8 aliphatic carbocycles. The molecule has 8 unspecified atom stereocenters. The van der Waals surface area contributed by atoms with Crippen LogP contribution in [-0.2, 0) is 9.59 Å². The summed E-state index contributed by atoms with van der Waals surface area (Å²) in [5, 5.41) is 41.2. The smallest absolute Gasteiger partial charge is 0.373 e. The normalized spacial score (nSPS) is 25.8. The van der Waals surface area contributed by atoms with Crippen LogP contribution in [0.5, 0.6) is 0 Å². The van der Waals surface area contributed by atoms with Gasteiger partial charge in [0.2, 0.25) is 0 Å². The van der Waals surface area contributed by atoms with E-state index in [4.69, 9.17) is 54.7 Å². The van der Waals surface area contributed by atoms with Gasteiger partial charge in [-0.25, -0.2) is 0 Å². The molecule has 0 heterocycles. The minimum atomic E-state index is -0.681. The van der Waals surface area contributed by atoms with Crippen LogP contribution < -0.4 is 44.9 Å². The molecule has 0 aromatic heterocycles. The molecular formula is C62H138B2N8O6. The summed E-state index contributed by atoms with van der Waals surface area (Å²) in [7, 11) is -0.838. The van der Waals surface area contributed by atoms with Crippen molar-refractivity contribution in [1.82, 2.24) is 10.5 Å². The van der Waals surface area contributed by atoms with Gasteiger partial charge in [-0.05, 0) is 241 Å². The Balaban J connectivity index is -0.000000397. The lowest BCUT2D eigenvalue weighted by Gasteiger charge is -2.10. The molecule has 8 rings (SSSR count). The molecule has 468 valence electrons. The van der Waals surface area contributed by atoms with Gasteiger partial charge < -0.3 is 65.1 Å². The summed E-state index contributed by atoms with van der Waals surface area (Å²) < 4.78 is 0. The van der Waals surface area contributed by atoms with Crippen molar-refractivity contribution in [3.05, 3.63) is 0 Å². The van der Waals surface area contributed by atoms with Gasteiger partial charge in [-0.15, -0.1) is 0 Å². The van der Waals surface area contributed by atoms with Crippen LogP contribution in [0.25, 0.3) is 0 Å². The van der Waals surface area contributed by atoms with Gasteiger partial charge in [-0.1, -0.05) is 133 Å². The highest BCUT2D eigenvalue weighted by Crippen LogP contribution is 2.32. The molecule has 0 radical (unpaired) electrons. The zero-order chi connectivity index (χ0) is 60.1. The zero-order valence-electron chi connectivity index (χ0n) is 53.6. The maximum atomic E-state index is 10.6. The maximum absolute atomic E-state index is 10.6. The first-order valence-corrected chi connectivity index (χ1v) is 33.1. The van der Waals surface area contributed by atoms with Crippen molar-refractivity contribution in [1.29, 1.82) is 0 Å². The maximum Gasteiger partial charge on any atom is 0.373 e. The first-order chi connectivity index (χ1) is 37.6. The number of rotatable bonds is 14. The quantitative estimate of drug-likeness (QED) is 0.0721. The Labute approximate surface area is 484 Å². The molecule has 0 aliphatic heterocycles. The fourth-order valence-electron chi connectivity index (χ4n) is 11.7.